The molecule has 1 aromatic heterocycles. The Kier molecular flexibility index (Phi) is 3.69. The zero-order chi connectivity index (χ0) is 15.8. The number of hydrogen-bond acceptors (Lipinski definition) is 3. The maximum Gasteiger partial charge on any atom is 0.452 e. The van der Waals surface area contributed by atoms with E-state index in [1.807, 2.05) is 0 Å². The number of alkyl halides is 3. The van der Waals surface area contributed by atoms with Crippen molar-refractivity contribution in [2.75, 3.05) is 0 Å². The van der Waals surface area contributed by atoms with Crippen LogP contribution in [0.5, 0.6) is 5.75 Å². The second-order valence-electron chi connectivity index (χ2n) is 5.43. The third-order valence-corrected chi connectivity index (χ3v) is 2.43. The lowest BCUT2D eigenvalue weighted by atomic mass is 10.1. The molecule has 0 fully saturated rings. The summed E-state index contributed by atoms with van der Waals surface area (Å²) >= 11 is 0. The number of nitrogens with zero attached hydrogens (tertiary/aromatic N) is 1. The highest BCUT2D eigenvalue weighted by atomic mass is 19.4. The molecule has 0 spiro atoms. The summed E-state index contributed by atoms with van der Waals surface area (Å²) in [5.74, 6) is -1.73. The fraction of sp³-hybridized carbons (Fsp3) is 0.357. The Labute approximate surface area is 118 Å². The molecule has 2 rings (SSSR count). The molecular formula is C14H13F4NO2. The molecule has 0 N–H and O–H groups in total. The van der Waals surface area contributed by atoms with Crippen molar-refractivity contribution in [2.24, 2.45) is 0 Å². The summed E-state index contributed by atoms with van der Waals surface area (Å²) in [6, 6.07) is 4.52. The molecular weight excluding hydrogens is 290 g/mol. The SMILES string of the molecule is CC(C)(C)Oc1ccc(-c2cc(C(F)(F)F)on2)c(F)c1. The lowest BCUT2D eigenvalue weighted by Gasteiger charge is -2.21. The van der Waals surface area contributed by atoms with Crippen molar-refractivity contribution in [2.45, 2.75) is 32.5 Å². The van der Waals surface area contributed by atoms with E-state index < -0.39 is 23.4 Å². The number of ether oxygens (including phenoxy) is 1. The van der Waals surface area contributed by atoms with Crippen molar-refractivity contribution in [3.63, 3.8) is 0 Å². The van der Waals surface area contributed by atoms with Gasteiger partial charge in [0.2, 0.25) is 5.76 Å². The van der Waals surface area contributed by atoms with Gasteiger partial charge in [-0.05, 0) is 32.9 Å². The van der Waals surface area contributed by atoms with E-state index >= 15 is 0 Å². The van der Waals surface area contributed by atoms with Gasteiger partial charge in [0, 0.05) is 17.7 Å². The lowest BCUT2D eigenvalue weighted by Crippen LogP contribution is -2.22. The maximum absolute atomic E-state index is 14.0. The van der Waals surface area contributed by atoms with Crippen molar-refractivity contribution in [1.29, 1.82) is 0 Å². The van der Waals surface area contributed by atoms with Gasteiger partial charge in [-0.2, -0.15) is 13.2 Å². The predicted molar refractivity (Wildman–Crippen MR) is 67.3 cm³/mol. The van der Waals surface area contributed by atoms with E-state index in [9.17, 15) is 17.6 Å². The Morgan fingerprint density at radius 3 is 2.24 bits per heavy atom. The van der Waals surface area contributed by atoms with Crippen LogP contribution in [0.25, 0.3) is 11.3 Å². The number of rotatable bonds is 2. The number of hydrogen-bond donors (Lipinski definition) is 0. The van der Waals surface area contributed by atoms with Crippen LogP contribution in [0.4, 0.5) is 17.6 Å². The molecule has 0 unspecified atom stereocenters. The first-order valence-corrected chi connectivity index (χ1v) is 6.09. The van der Waals surface area contributed by atoms with E-state index in [1.54, 1.807) is 20.8 Å². The Morgan fingerprint density at radius 1 is 1.10 bits per heavy atom. The highest BCUT2D eigenvalue weighted by molar-refractivity contribution is 5.61. The highest BCUT2D eigenvalue weighted by Crippen LogP contribution is 2.33. The monoisotopic (exact) mass is 303 g/mol. The second-order valence-corrected chi connectivity index (χ2v) is 5.43. The first-order valence-electron chi connectivity index (χ1n) is 6.09. The Hall–Kier alpha value is -2.05. The fourth-order valence-corrected chi connectivity index (χ4v) is 1.66. The molecule has 21 heavy (non-hydrogen) atoms. The fourth-order valence-electron chi connectivity index (χ4n) is 1.66. The minimum Gasteiger partial charge on any atom is -0.488 e. The van der Waals surface area contributed by atoms with Crippen LogP contribution in [0.3, 0.4) is 0 Å². The third-order valence-electron chi connectivity index (χ3n) is 2.43. The van der Waals surface area contributed by atoms with E-state index in [2.05, 4.69) is 9.68 Å². The summed E-state index contributed by atoms with van der Waals surface area (Å²) in [5.41, 5.74) is -0.816. The molecule has 0 amide bonds. The first kappa shape index (κ1) is 15.3. The van der Waals surface area contributed by atoms with Gasteiger partial charge >= 0.3 is 6.18 Å². The van der Waals surface area contributed by atoms with Gasteiger partial charge in [0.1, 0.15) is 22.9 Å². The van der Waals surface area contributed by atoms with Crippen LogP contribution in [0, 0.1) is 5.82 Å². The van der Waals surface area contributed by atoms with Crippen LogP contribution in [-0.4, -0.2) is 10.8 Å². The summed E-state index contributed by atoms with van der Waals surface area (Å²) in [7, 11) is 0. The van der Waals surface area contributed by atoms with Gasteiger partial charge in [-0.25, -0.2) is 4.39 Å². The number of benzene rings is 1. The summed E-state index contributed by atoms with van der Waals surface area (Å²) in [6.45, 7) is 5.39. The molecule has 114 valence electrons. The molecule has 0 atom stereocenters. The second kappa shape index (κ2) is 5.05. The van der Waals surface area contributed by atoms with Gasteiger partial charge in [0.25, 0.3) is 0 Å². The molecule has 1 aromatic carbocycles. The van der Waals surface area contributed by atoms with Gasteiger partial charge in [0.05, 0.1) is 0 Å². The van der Waals surface area contributed by atoms with Crippen molar-refractivity contribution in [3.8, 4) is 17.0 Å². The zero-order valence-corrected chi connectivity index (χ0v) is 11.6. The molecule has 0 bridgehead atoms. The summed E-state index contributed by atoms with van der Waals surface area (Å²) < 4.78 is 60.9. The molecule has 1 heterocycles. The van der Waals surface area contributed by atoms with Crippen LogP contribution in [0.15, 0.2) is 28.8 Å². The molecule has 0 saturated heterocycles. The molecule has 0 aliphatic heterocycles. The molecule has 0 saturated carbocycles. The molecule has 0 radical (unpaired) electrons. The van der Waals surface area contributed by atoms with Crippen molar-refractivity contribution in [1.82, 2.24) is 5.16 Å². The Morgan fingerprint density at radius 2 is 1.76 bits per heavy atom. The van der Waals surface area contributed by atoms with Crippen LogP contribution in [0.1, 0.15) is 26.5 Å². The van der Waals surface area contributed by atoms with Crippen LogP contribution in [-0.2, 0) is 6.18 Å². The Bertz CT molecular complexity index is 641. The standard InChI is InChI=1S/C14H13F4NO2/c1-13(2,3)20-8-4-5-9(10(15)6-8)11-7-12(21-19-11)14(16,17)18/h4-7H,1-3H3. The van der Waals surface area contributed by atoms with E-state index in [4.69, 9.17) is 4.74 Å². The average molecular weight is 303 g/mol. The Balaban J connectivity index is 2.31. The predicted octanol–water partition coefficient (Wildman–Crippen LogP) is 4.68. The summed E-state index contributed by atoms with van der Waals surface area (Å²) in [6.07, 6.45) is -4.66. The number of aromatic nitrogens is 1. The molecule has 7 heteroatoms. The maximum atomic E-state index is 14.0. The van der Waals surface area contributed by atoms with Crippen LogP contribution < -0.4 is 4.74 Å². The van der Waals surface area contributed by atoms with Gasteiger partial charge in [0.15, 0.2) is 0 Å². The van der Waals surface area contributed by atoms with E-state index in [-0.39, 0.29) is 17.0 Å². The molecule has 0 aliphatic rings. The van der Waals surface area contributed by atoms with Gasteiger partial charge < -0.3 is 9.26 Å². The van der Waals surface area contributed by atoms with Gasteiger partial charge in [-0.3, -0.25) is 0 Å². The third kappa shape index (κ3) is 3.74. The normalized spacial score (nSPS) is 12.5. The minimum absolute atomic E-state index is 0.0875. The van der Waals surface area contributed by atoms with Gasteiger partial charge in [-0.1, -0.05) is 5.16 Å². The molecule has 2 aromatic rings. The van der Waals surface area contributed by atoms with Crippen molar-refractivity contribution >= 4 is 0 Å². The number of halogens is 4. The van der Waals surface area contributed by atoms with Crippen LogP contribution in [0.2, 0.25) is 0 Å². The summed E-state index contributed by atoms with van der Waals surface area (Å²) in [5, 5.41) is 3.24. The molecule has 3 nitrogen and oxygen atoms in total. The van der Waals surface area contributed by atoms with Gasteiger partial charge in [-0.15, -0.1) is 0 Å². The van der Waals surface area contributed by atoms with E-state index in [0.717, 1.165) is 6.07 Å². The quantitative estimate of drug-likeness (QED) is 0.756. The van der Waals surface area contributed by atoms with E-state index in [1.165, 1.54) is 12.1 Å². The van der Waals surface area contributed by atoms with E-state index in [0.29, 0.717) is 6.07 Å². The van der Waals surface area contributed by atoms with Crippen molar-refractivity contribution < 1.29 is 26.8 Å². The molecule has 0 aliphatic carbocycles. The average Bonchev–Trinajstić information content (AvgIpc) is 2.75. The van der Waals surface area contributed by atoms with Crippen molar-refractivity contribution in [3.05, 3.63) is 35.8 Å². The topological polar surface area (TPSA) is 35.3 Å². The summed E-state index contributed by atoms with van der Waals surface area (Å²) in [4.78, 5) is 0. The largest absolute Gasteiger partial charge is 0.488 e. The lowest BCUT2D eigenvalue weighted by molar-refractivity contribution is -0.155. The van der Waals surface area contributed by atoms with Crippen LogP contribution >= 0.6 is 0 Å². The minimum atomic E-state index is -4.66. The first-order chi connectivity index (χ1) is 9.56. The zero-order valence-electron chi connectivity index (χ0n) is 11.6. The highest BCUT2D eigenvalue weighted by Gasteiger charge is 2.36. The smallest absolute Gasteiger partial charge is 0.452 e.